The van der Waals surface area contributed by atoms with Crippen molar-refractivity contribution in [1.82, 2.24) is 5.32 Å². The third kappa shape index (κ3) is 3.48. The first-order valence-electron chi connectivity index (χ1n) is 6.45. The monoisotopic (exact) mass is 275 g/mol. The van der Waals surface area contributed by atoms with Crippen LogP contribution in [0, 0.1) is 5.82 Å². The molecule has 20 heavy (non-hydrogen) atoms. The van der Waals surface area contributed by atoms with Gasteiger partial charge < -0.3 is 15.2 Å². The quantitative estimate of drug-likeness (QED) is 0.879. The Morgan fingerprint density at radius 3 is 2.55 bits per heavy atom. The van der Waals surface area contributed by atoms with E-state index in [0.717, 1.165) is 11.1 Å². The van der Waals surface area contributed by atoms with E-state index in [-0.39, 0.29) is 17.6 Å². The first-order chi connectivity index (χ1) is 9.60. The molecule has 2 aromatic rings. The summed E-state index contributed by atoms with van der Waals surface area (Å²) >= 11 is 0. The zero-order valence-corrected chi connectivity index (χ0v) is 11.6. The molecule has 0 heterocycles. The molecule has 2 rings (SSSR count). The van der Waals surface area contributed by atoms with Gasteiger partial charge in [0.05, 0.1) is 7.11 Å². The van der Waals surface area contributed by atoms with Crippen LogP contribution in [0.1, 0.15) is 24.1 Å². The molecule has 0 saturated carbocycles. The zero-order valence-electron chi connectivity index (χ0n) is 11.6. The number of phenols is 1. The number of halogens is 1. The molecule has 4 heteroatoms. The molecule has 3 nitrogen and oxygen atoms in total. The van der Waals surface area contributed by atoms with Gasteiger partial charge in [-0.15, -0.1) is 0 Å². The van der Waals surface area contributed by atoms with E-state index in [1.807, 2.05) is 6.92 Å². The third-order valence-corrected chi connectivity index (χ3v) is 3.23. The first kappa shape index (κ1) is 14.3. The number of rotatable bonds is 5. The number of ether oxygens (including phenoxy) is 1. The van der Waals surface area contributed by atoms with Crippen LogP contribution in [0.4, 0.5) is 4.39 Å². The molecule has 1 atom stereocenters. The summed E-state index contributed by atoms with van der Waals surface area (Å²) in [5.74, 6) is 0.686. The Morgan fingerprint density at radius 1 is 1.20 bits per heavy atom. The maximum atomic E-state index is 12.8. The Bertz CT molecular complexity index is 569. The molecule has 0 aromatic heterocycles. The van der Waals surface area contributed by atoms with E-state index in [9.17, 15) is 9.50 Å². The second kappa shape index (κ2) is 6.39. The number of hydrogen-bond donors (Lipinski definition) is 2. The van der Waals surface area contributed by atoms with Crippen molar-refractivity contribution in [3.05, 3.63) is 59.4 Å². The Morgan fingerprint density at radius 2 is 1.90 bits per heavy atom. The molecule has 0 spiro atoms. The van der Waals surface area contributed by atoms with Crippen LogP contribution in [-0.4, -0.2) is 12.2 Å². The maximum Gasteiger partial charge on any atom is 0.123 e. The fourth-order valence-electron chi connectivity index (χ4n) is 1.99. The summed E-state index contributed by atoms with van der Waals surface area (Å²) in [5, 5.41) is 13.2. The van der Waals surface area contributed by atoms with Gasteiger partial charge >= 0.3 is 0 Å². The molecular weight excluding hydrogens is 257 g/mol. The number of nitrogens with one attached hydrogen (secondary N) is 1. The van der Waals surface area contributed by atoms with Crippen molar-refractivity contribution in [3.63, 3.8) is 0 Å². The lowest BCUT2D eigenvalue weighted by atomic mass is 10.1. The minimum absolute atomic E-state index is 0.0462. The minimum Gasteiger partial charge on any atom is -0.508 e. The van der Waals surface area contributed by atoms with E-state index in [4.69, 9.17) is 4.74 Å². The van der Waals surface area contributed by atoms with Crippen molar-refractivity contribution in [2.24, 2.45) is 0 Å². The SMILES string of the molecule is COc1ccc(O)c(C(C)NCc2ccc(F)cc2)c1. The Balaban J connectivity index is 2.04. The highest BCUT2D eigenvalue weighted by molar-refractivity contribution is 5.41. The van der Waals surface area contributed by atoms with Gasteiger partial charge in [0.1, 0.15) is 17.3 Å². The highest BCUT2D eigenvalue weighted by atomic mass is 19.1. The Labute approximate surface area is 118 Å². The second-order valence-corrected chi connectivity index (χ2v) is 4.65. The number of benzene rings is 2. The van der Waals surface area contributed by atoms with E-state index < -0.39 is 0 Å². The van der Waals surface area contributed by atoms with Gasteiger partial charge in [0, 0.05) is 18.2 Å². The zero-order chi connectivity index (χ0) is 14.5. The topological polar surface area (TPSA) is 41.5 Å². The fourth-order valence-corrected chi connectivity index (χ4v) is 1.99. The lowest BCUT2D eigenvalue weighted by molar-refractivity contribution is 0.407. The predicted molar refractivity (Wildman–Crippen MR) is 76.3 cm³/mol. The van der Waals surface area contributed by atoms with Crippen LogP contribution in [0.15, 0.2) is 42.5 Å². The van der Waals surface area contributed by atoms with Gasteiger partial charge in [-0.2, -0.15) is 0 Å². The molecule has 0 radical (unpaired) electrons. The molecule has 0 aliphatic carbocycles. The molecule has 1 unspecified atom stereocenters. The standard InChI is InChI=1S/C16H18FNO2/c1-11(15-9-14(20-2)7-8-16(15)19)18-10-12-3-5-13(17)6-4-12/h3-9,11,18-19H,10H2,1-2H3. The largest absolute Gasteiger partial charge is 0.508 e. The van der Waals surface area contributed by atoms with Crippen LogP contribution in [0.25, 0.3) is 0 Å². The van der Waals surface area contributed by atoms with Gasteiger partial charge in [-0.25, -0.2) is 4.39 Å². The molecule has 0 fully saturated rings. The number of aromatic hydroxyl groups is 1. The molecule has 0 aliphatic heterocycles. The average Bonchev–Trinajstić information content (AvgIpc) is 2.47. The van der Waals surface area contributed by atoms with E-state index in [0.29, 0.717) is 12.3 Å². The van der Waals surface area contributed by atoms with E-state index in [2.05, 4.69) is 5.32 Å². The van der Waals surface area contributed by atoms with Crippen LogP contribution >= 0.6 is 0 Å². The molecule has 0 bridgehead atoms. The van der Waals surface area contributed by atoms with E-state index >= 15 is 0 Å². The number of methoxy groups -OCH3 is 1. The first-order valence-corrected chi connectivity index (χ1v) is 6.45. The number of phenolic OH excluding ortho intramolecular Hbond substituents is 1. The lowest BCUT2D eigenvalue weighted by Gasteiger charge is -2.16. The summed E-state index contributed by atoms with van der Waals surface area (Å²) in [6, 6.07) is 11.4. The summed E-state index contributed by atoms with van der Waals surface area (Å²) < 4.78 is 18.0. The summed E-state index contributed by atoms with van der Waals surface area (Å²) in [5.41, 5.74) is 1.76. The van der Waals surface area contributed by atoms with Crippen LogP contribution < -0.4 is 10.1 Å². The fraction of sp³-hybridized carbons (Fsp3) is 0.250. The van der Waals surface area contributed by atoms with Crippen molar-refractivity contribution in [3.8, 4) is 11.5 Å². The van der Waals surface area contributed by atoms with Crippen LogP contribution in [0.3, 0.4) is 0 Å². The molecule has 0 saturated heterocycles. The molecule has 2 aromatic carbocycles. The molecule has 2 N–H and O–H groups in total. The van der Waals surface area contributed by atoms with Crippen molar-refractivity contribution in [2.45, 2.75) is 19.5 Å². The summed E-state index contributed by atoms with van der Waals surface area (Å²) in [4.78, 5) is 0. The van der Waals surface area contributed by atoms with Gasteiger partial charge in [0.2, 0.25) is 0 Å². The number of hydrogen-bond acceptors (Lipinski definition) is 3. The summed E-state index contributed by atoms with van der Waals surface area (Å²) in [6.07, 6.45) is 0. The van der Waals surface area contributed by atoms with Crippen molar-refractivity contribution >= 4 is 0 Å². The average molecular weight is 275 g/mol. The van der Waals surface area contributed by atoms with E-state index in [1.165, 1.54) is 12.1 Å². The highest BCUT2D eigenvalue weighted by Crippen LogP contribution is 2.28. The minimum atomic E-state index is -0.243. The van der Waals surface area contributed by atoms with Gasteiger partial charge in [-0.1, -0.05) is 12.1 Å². The molecular formula is C16H18FNO2. The smallest absolute Gasteiger partial charge is 0.123 e. The molecule has 0 aliphatic rings. The lowest BCUT2D eigenvalue weighted by Crippen LogP contribution is -2.18. The third-order valence-electron chi connectivity index (χ3n) is 3.23. The van der Waals surface area contributed by atoms with Crippen LogP contribution in [0.5, 0.6) is 11.5 Å². The highest BCUT2D eigenvalue weighted by Gasteiger charge is 2.11. The normalized spacial score (nSPS) is 12.2. The molecule has 106 valence electrons. The summed E-state index contributed by atoms with van der Waals surface area (Å²) in [7, 11) is 1.59. The van der Waals surface area contributed by atoms with Crippen molar-refractivity contribution < 1.29 is 14.2 Å². The maximum absolute atomic E-state index is 12.8. The van der Waals surface area contributed by atoms with Gasteiger partial charge in [-0.3, -0.25) is 0 Å². The van der Waals surface area contributed by atoms with Gasteiger partial charge in [-0.05, 0) is 42.8 Å². The van der Waals surface area contributed by atoms with Crippen LogP contribution in [-0.2, 0) is 6.54 Å². The Kier molecular flexibility index (Phi) is 4.58. The summed E-state index contributed by atoms with van der Waals surface area (Å²) in [6.45, 7) is 2.55. The van der Waals surface area contributed by atoms with Gasteiger partial charge in [0.25, 0.3) is 0 Å². The van der Waals surface area contributed by atoms with Crippen LogP contribution in [0.2, 0.25) is 0 Å². The predicted octanol–water partition coefficient (Wildman–Crippen LogP) is 3.39. The van der Waals surface area contributed by atoms with E-state index in [1.54, 1.807) is 37.4 Å². The molecule has 0 amide bonds. The Hall–Kier alpha value is -2.07. The van der Waals surface area contributed by atoms with Crippen molar-refractivity contribution in [1.29, 1.82) is 0 Å². The van der Waals surface area contributed by atoms with Gasteiger partial charge in [0.15, 0.2) is 0 Å². The van der Waals surface area contributed by atoms with Crippen molar-refractivity contribution in [2.75, 3.05) is 7.11 Å². The second-order valence-electron chi connectivity index (χ2n) is 4.65.